The van der Waals surface area contributed by atoms with E-state index in [1.54, 1.807) is 0 Å². The van der Waals surface area contributed by atoms with E-state index < -0.39 is 18.1 Å². The molecule has 1 aliphatic rings. The fraction of sp³-hybridized carbons (Fsp3) is 0.333. The maximum Gasteiger partial charge on any atom is 0.452 e. The summed E-state index contributed by atoms with van der Waals surface area (Å²) in [7, 11) is 0. The third kappa shape index (κ3) is 4.26. The highest BCUT2D eigenvalue weighted by Gasteiger charge is 2.29. The van der Waals surface area contributed by atoms with Crippen LogP contribution < -0.4 is 5.73 Å². The van der Waals surface area contributed by atoms with Crippen LogP contribution in [-0.2, 0) is 14.3 Å². The molecule has 7 nitrogen and oxygen atoms in total. The van der Waals surface area contributed by atoms with Gasteiger partial charge in [0.05, 0.1) is 0 Å². The number of nitrogens with zero attached hydrogens (tertiary/aromatic N) is 2. The minimum absolute atomic E-state index is 0.0478. The van der Waals surface area contributed by atoms with Crippen molar-refractivity contribution in [2.24, 2.45) is 21.9 Å². The number of hydrogen-bond acceptors (Lipinski definition) is 6. The molecule has 1 atom stereocenters. The Morgan fingerprint density at radius 1 is 1.00 bits per heavy atom. The minimum atomic E-state index is -0.828. The quantitative estimate of drug-likeness (QED) is 0.604. The normalized spacial score (nSPS) is 14.0. The predicted octanol–water partition coefficient (Wildman–Crippen LogP) is 3.87. The van der Waals surface area contributed by atoms with Crippen LogP contribution in [0.5, 0.6) is 0 Å². The Labute approximate surface area is 163 Å². The first-order chi connectivity index (χ1) is 13.5. The van der Waals surface area contributed by atoms with Crippen LogP contribution >= 0.6 is 0 Å². The lowest BCUT2D eigenvalue weighted by atomic mass is 9.98. The smallest absolute Gasteiger partial charge is 0.446 e. The van der Waals surface area contributed by atoms with Gasteiger partial charge in [-0.05, 0) is 28.2 Å². The summed E-state index contributed by atoms with van der Waals surface area (Å²) in [6.45, 7) is 3.40. The Bertz CT molecular complexity index is 849. The van der Waals surface area contributed by atoms with Crippen LogP contribution in [0.2, 0.25) is 0 Å². The lowest BCUT2D eigenvalue weighted by molar-refractivity contribution is -0.146. The zero-order valence-electron chi connectivity index (χ0n) is 15.9. The minimum Gasteiger partial charge on any atom is -0.446 e. The van der Waals surface area contributed by atoms with Gasteiger partial charge in [-0.2, -0.15) is 0 Å². The zero-order chi connectivity index (χ0) is 20.1. The number of carbonyl (C=O) groups is 2. The van der Waals surface area contributed by atoms with E-state index in [1.807, 2.05) is 50.2 Å². The summed E-state index contributed by atoms with van der Waals surface area (Å²) in [4.78, 5) is 23.5. The number of rotatable bonds is 6. The Morgan fingerprint density at radius 3 is 2.14 bits per heavy atom. The molecule has 2 aromatic rings. The molecule has 28 heavy (non-hydrogen) atoms. The highest BCUT2D eigenvalue weighted by molar-refractivity contribution is 5.79. The Balaban J connectivity index is 1.55. The van der Waals surface area contributed by atoms with E-state index in [-0.39, 0.29) is 25.2 Å². The zero-order valence-corrected chi connectivity index (χ0v) is 15.9. The van der Waals surface area contributed by atoms with Crippen molar-refractivity contribution in [2.45, 2.75) is 25.8 Å². The van der Waals surface area contributed by atoms with Gasteiger partial charge in [0, 0.05) is 5.92 Å². The van der Waals surface area contributed by atoms with Crippen molar-refractivity contribution in [3.05, 3.63) is 59.7 Å². The number of amides is 1. The van der Waals surface area contributed by atoms with Crippen LogP contribution in [0.25, 0.3) is 11.1 Å². The summed E-state index contributed by atoms with van der Waals surface area (Å²) >= 11 is 0. The molecule has 1 aliphatic carbocycles. The Morgan fingerprint density at radius 2 is 1.57 bits per heavy atom. The second-order valence-corrected chi connectivity index (χ2v) is 6.91. The number of ether oxygens (including phenoxy) is 2. The molecule has 0 radical (unpaired) electrons. The molecule has 0 aliphatic heterocycles. The Kier molecular flexibility index (Phi) is 6.16. The third-order valence-electron chi connectivity index (χ3n) is 4.74. The number of esters is 1. The van der Waals surface area contributed by atoms with E-state index >= 15 is 0 Å². The second-order valence-electron chi connectivity index (χ2n) is 6.91. The molecule has 1 amide bonds. The van der Waals surface area contributed by atoms with Crippen LogP contribution in [0.3, 0.4) is 0 Å². The van der Waals surface area contributed by atoms with E-state index in [2.05, 4.69) is 22.4 Å². The van der Waals surface area contributed by atoms with Gasteiger partial charge in [-0.25, -0.2) is 4.79 Å². The van der Waals surface area contributed by atoms with Gasteiger partial charge in [-0.3, -0.25) is 4.79 Å². The first-order valence-corrected chi connectivity index (χ1v) is 9.13. The van der Waals surface area contributed by atoms with Gasteiger partial charge in [-0.15, -0.1) is 5.11 Å². The van der Waals surface area contributed by atoms with Crippen molar-refractivity contribution in [1.29, 1.82) is 0 Å². The van der Waals surface area contributed by atoms with Crippen LogP contribution in [0, 0.1) is 5.92 Å². The van der Waals surface area contributed by atoms with E-state index in [4.69, 9.17) is 15.2 Å². The first kappa shape index (κ1) is 19.7. The molecule has 0 heterocycles. The van der Waals surface area contributed by atoms with E-state index in [1.165, 1.54) is 0 Å². The van der Waals surface area contributed by atoms with Gasteiger partial charge >= 0.3 is 12.1 Å². The molecule has 0 spiro atoms. The maximum absolute atomic E-state index is 11.9. The summed E-state index contributed by atoms with van der Waals surface area (Å²) in [6.07, 6.45) is -0.828. The number of carbonyl (C=O) groups excluding carboxylic acids is 2. The summed E-state index contributed by atoms with van der Waals surface area (Å²) in [5.74, 6) is -0.679. The van der Waals surface area contributed by atoms with Gasteiger partial charge in [0.15, 0.2) is 0 Å². The van der Waals surface area contributed by atoms with Crippen LogP contribution in [-0.4, -0.2) is 31.4 Å². The summed E-state index contributed by atoms with van der Waals surface area (Å²) in [5, 5.41) is 6.96. The highest BCUT2D eigenvalue weighted by atomic mass is 16.6. The number of azo groups is 1. The number of benzene rings is 2. The summed E-state index contributed by atoms with van der Waals surface area (Å²) in [5.41, 5.74) is 10.2. The Hall–Kier alpha value is -3.06. The van der Waals surface area contributed by atoms with Crippen LogP contribution in [0.4, 0.5) is 4.79 Å². The first-order valence-electron chi connectivity index (χ1n) is 9.13. The van der Waals surface area contributed by atoms with Gasteiger partial charge in [0.1, 0.15) is 12.6 Å². The van der Waals surface area contributed by atoms with E-state index in [0.717, 1.165) is 22.3 Å². The standard InChI is InChI=1S/C21H23N3O4/c1-13(2)19(22)20(25)28-12-23-24-21(26)27-11-18-16-9-5-3-7-14(16)15-8-4-6-10-17(15)18/h3-10,13,18-19H,11-12,22H2,1-2H3/t19-/m0/s1. The molecule has 0 unspecified atom stereocenters. The number of fused-ring (bicyclic) bond motifs is 3. The average Bonchev–Trinajstić information content (AvgIpc) is 3.02. The van der Waals surface area contributed by atoms with Crippen LogP contribution in [0.1, 0.15) is 30.9 Å². The summed E-state index contributed by atoms with van der Waals surface area (Å²) in [6, 6.07) is 15.4. The second kappa shape index (κ2) is 8.75. The van der Waals surface area contributed by atoms with Crippen molar-refractivity contribution in [1.82, 2.24) is 0 Å². The highest BCUT2D eigenvalue weighted by Crippen LogP contribution is 2.44. The predicted molar refractivity (Wildman–Crippen MR) is 104 cm³/mol. The van der Waals surface area contributed by atoms with E-state index in [0.29, 0.717) is 0 Å². The molecule has 146 valence electrons. The van der Waals surface area contributed by atoms with Gasteiger partial charge < -0.3 is 15.2 Å². The molecule has 7 heteroatoms. The monoisotopic (exact) mass is 381 g/mol. The topological polar surface area (TPSA) is 103 Å². The molecular formula is C21H23N3O4. The maximum atomic E-state index is 11.9. The van der Waals surface area contributed by atoms with E-state index in [9.17, 15) is 9.59 Å². The summed E-state index contributed by atoms with van der Waals surface area (Å²) < 4.78 is 10.1. The fourth-order valence-electron chi connectivity index (χ4n) is 3.17. The largest absolute Gasteiger partial charge is 0.452 e. The number of nitrogens with two attached hydrogens (primary N) is 1. The lowest BCUT2D eigenvalue weighted by Gasteiger charge is -2.13. The molecule has 0 saturated carbocycles. The molecule has 0 saturated heterocycles. The van der Waals surface area contributed by atoms with Gasteiger partial charge in [0.2, 0.25) is 6.73 Å². The molecule has 0 fully saturated rings. The van der Waals surface area contributed by atoms with Crippen molar-refractivity contribution < 1.29 is 19.1 Å². The molecule has 2 aromatic carbocycles. The van der Waals surface area contributed by atoms with Gasteiger partial charge in [-0.1, -0.05) is 67.5 Å². The lowest BCUT2D eigenvalue weighted by Crippen LogP contribution is -2.37. The van der Waals surface area contributed by atoms with Crippen LogP contribution in [0.15, 0.2) is 58.8 Å². The third-order valence-corrected chi connectivity index (χ3v) is 4.74. The molecule has 3 rings (SSSR count). The molecule has 0 aromatic heterocycles. The molecular weight excluding hydrogens is 358 g/mol. The molecule has 2 N–H and O–H groups in total. The van der Waals surface area contributed by atoms with Crippen molar-refractivity contribution >= 4 is 12.1 Å². The number of hydrogen-bond donors (Lipinski definition) is 1. The van der Waals surface area contributed by atoms with Crippen molar-refractivity contribution in [2.75, 3.05) is 13.3 Å². The van der Waals surface area contributed by atoms with Crippen molar-refractivity contribution in [3.8, 4) is 11.1 Å². The van der Waals surface area contributed by atoms with Crippen molar-refractivity contribution in [3.63, 3.8) is 0 Å². The average molecular weight is 381 g/mol. The molecule has 0 bridgehead atoms. The van der Waals surface area contributed by atoms with Gasteiger partial charge in [0.25, 0.3) is 0 Å². The SMILES string of the molecule is CC(C)[C@H](N)C(=O)OCN=NC(=O)OCC1c2ccccc2-c2ccccc21. The fourth-order valence-corrected chi connectivity index (χ4v) is 3.17.